The Balaban J connectivity index is 1.49. The van der Waals surface area contributed by atoms with E-state index in [1.807, 2.05) is 18.7 Å². The van der Waals surface area contributed by atoms with Crippen molar-refractivity contribution in [2.24, 2.45) is 0 Å². The van der Waals surface area contributed by atoms with E-state index in [4.69, 9.17) is 0 Å². The fourth-order valence-electron chi connectivity index (χ4n) is 3.27. The van der Waals surface area contributed by atoms with Gasteiger partial charge in [-0.2, -0.15) is 0 Å². The summed E-state index contributed by atoms with van der Waals surface area (Å²) in [5.74, 6) is -2.01. The first kappa shape index (κ1) is 20.5. The zero-order chi connectivity index (χ0) is 21.0. The number of benzene rings is 2. The van der Waals surface area contributed by atoms with E-state index < -0.39 is 11.7 Å². The number of amides is 2. The van der Waals surface area contributed by atoms with Crippen LogP contribution in [0.4, 0.5) is 10.1 Å². The van der Waals surface area contributed by atoms with Gasteiger partial charge in [0.15, 0.2) is 0 Å². The van der Waals surface area contributed by atoms with Crippen LogP contribution in [0.3, 0.4) is 0 Å². The monoisotopic (exact) mass is 397 g/mol. The van der Waals surface area contributed by atoms with Gasteiger partial charge in [0.25, 0.3) is 5.91 Å². The van der Waals surface area contributed by atoms with Crippen molar-refractivity contribution in [3.05, 3.63) is 65.0 Å². The summed E-state index contributed by atoms with van der Waals surface area (Å²) < 4.78 is 13.9. The van der Waals surface area contributed by atoms with E-state index in [0.29, 0.717) is 37.4 Å². The molecular weight excluding hydrogens is 373 g/mol. The molecule has 7 heteroatoms. The maximum atomic E-state index is 13.9. The summed E-state index contributed by atoms with van der Waals surface area (Å²) >= 11 is 0. The molecule has 0 spiro atoms. The molecule has 1 heterocycles. The second-order valence-corrected chi connectivity index (χ2v) is 7.13. The third kappa shape index (κ3) is 4.80. The molecule has 152 valence electrons. The van der Waals surface area contributed by atoms with E-state index in [2.05, 4.69) is 5.32 Å². The molecule has 1 N–H and O–H groups in total. The molecule has 0 unspecified atom stereocenters. The van der Waals surface area contributed by atoms with Crippen molar-refractivity contribution in [1.82, 2.24) is 10.2 Å². The van der Waals surface area contributed by atoms with Crippen LogP contribution < -0.4 is 10.2 Å². The Bertz CT molecular complexity index is 937. The fraction of sp³-hybridized carbons (Fsp3) is 0.318. The third-order valence-corrected chi connectivity index (χ3v) is 5.20. The number of rotatable bonds is 5. The number of aryl methyl sites for hydroxylation is 2. The Kier molecular flexibility index (Phi) is 6.26. The van der Waals surface area contributed by atoms with E-state index in [1.54, 1.807) is 41.3 Å². The van der Waals surface area contributed by atoms with Crippen LogP contribution in [-0.2, 0) is 9.59 Å². The van der Waals surface area contributed by atoms with Gasteiger partial charge < -0.3 is 15.1 Å². The summed E-state index contributed by atoms with van der Waals surface area (Å²) in [6.45, 7) is 5.41. The van der Waals surface area contributed by atoms with Crippen molar-refractivity contribution in [3.63, 3.8) is 0 Å². The summed E-state index contributed by atoms with van der Waals surface area (Å²) in [5.41, 5.74) is 2.78. The van der Waals surface area contributed by atoms with Gasteiger partial charge in [0.05, 0.1) is 12.2 Å². The number of hydrogen-bond acceptors (Lipinski definition) is 4. The van der Waals surface area contributed by atoms with Gasteiger partial charge in [0, 0.05) is 31.7 Å². The molecule has 2 aromatic rings. The molecule has 0 atom stereocenters. The van der Waals surface area contributed by atoms with Crippen molar-refractivity contribution >= 4 is 23.3 Å². The summed E-state index contributed by atoms with van der Waals surface area (Å²) in [4.78, 5) is 40.2. The minimum Gasteiger partial charge on any atom is -0.366 e. The molecule has 6 nitrogen and oxygen atoms in total. The fourth-order valence-corrected chi connectivity index (χ4v) is 3.27. The second-order valence-electron chi connectivity index (χ2n) is 7.13. The van der Waals surface area contributed by atoms with Gasteiger partial charge in [-0.1, -0.05) is 24.3 Å². The number of Topliss-reactive ketones (excluding diaryl/α,β-unsaturated/α-hetero) is 1. The number of hydrogen-bond donors (Lipinski definition) is 1. The standard InChI is InChI=1S/C22H24FN3O3/c1-15-7-8-17(13-16(15)2)21(28)22(29)24-14-20(27)26-11-9-25(10-12-26)19-6-4-3-5-18(19)23/h3-8,13H,9-12,14H2,1-2H3,(H,24,29). The lowest BCUT2D eigenvalue weighted by Gasteiger charge is -2.36. The van der Waals surface area contributed by atoms with Gasteiger partial charge in [0.1, 0.15) is 5.82 Å². The highest BCUT2D eigenvalue weighted by Gasteiger charge is 2.24. The average Bonchev–Trinajstić information content (AvgIpc) is 2.73. The van der Waals surface area contributed by atoms with Gasteiger partial charge in [-0.15, -0.1) is 0 Å². The molecule has 0 saturated carbocycles. The molecule has 2 aromatic carbocycles. The molecule has 1 saturated heterocycles. The number of piperazine rings is 1. The number of nitrogens with zero attached hydrogens (tertiary/aromatic N) is 2. The molecule has 0 aliphatic carbocycles. The lowest BCUT2D eigenvalue weighted by molar-refractivity contribution is -0.132. The maximum Gasteiger partial charge on any atom is 0.292 e. The number of carbonyl (C=O) groups excluding carboxylic acids is 3. The minimum absolute atomic E-state index is 0.241. The molecule has 2 amide bonds. The van der Waals surface area contributed by atoms with Crippen LogP contribution in [0.15, 0.2) is 42.5 Å². The van der Waals surface area contributed by atoms with Crippen LogP contribution in [0.25, 0.3) is 0 Å². The largest absolute Gasteiger partial charge is 0.366 e. The molecule has 1 fully saturated rings. The van der Waals surface area contributed by atoms with Crippen molar-refractivity contribution in [1.29, 1.82) is 0 Å². The molecule has 1 aliphatic rings. The molecule has 3 rings (SSSR count). The Morgan fingerprint density at radius 1 is 0.966 bits per heavy atom. The zero-order valence-corrected chi connectivity index (χ0v) is 16.6. The summed E-state index contributed by atoms with van der Waals surface area (Å²) in [6.07, 6.45) is 0. The smallest absolute Gasteiger partial charge is 0.292 e. The highest BCUT2D eigenvalue weighted by molar-refractivity contribution is 6.43. The van der Waals surface area contributed by atoms with Crippen LogP contribution in [0.2, 0.25) is 0 Å². The van der Waals surface area contributed by atoms with Gasteiger partial charge in [0.2, 0.25) is 11.7 Å². The van der Waals surface area contributed by atoms with Crippen molar-refractivity contribution < 1.29 is 18.8 Å². The number of para-hydroxylation sites is 1. The zero-order valence-electron chi connectivity index (χ0n) is 16.6. The van der Waals surface area contributed by atoms with Gasteiger partial charge >= 0.3 is 0 Å². The summed E-state index contributed by atoms with van der Waals surface area (Å²) in [5, 5.41) is 2.41. The van der Waals surface area contributed by atoms with Crippen molar-refractivity contribution in [2.45, 2.75) is 13.8 Å². The van der Waals surface area contributed by atoms with E-state index >= 15 is 0 Å². The van der Waals surface area contributed by atoms with Gasteiger partial charge in [-0.25, -0.2) is 4.39 Å². The molecule has 0 radical (unpaired) electrons. The number of carbonyl (C=O) groups is 3. The SMILES string of the molecule is Cc1ccc(C(=O)C(=O)NCC(=O)N2CCN(c3ccccc3F)CC2)cc1C. The van der Waals surface area contributed by atoms with E-state index in [9.17, 15) is 18.8 Å². The second kappa shape index (κ2) is 8.86. The number of nitrogens with one attached hydrogen (secondary N) is 1. The van der Waals surface area contributed by atoms with E-state index in [-0.39, 0.29) is 18.3 Å². The number of anilines is 1. The van der Waals surface area contributed by atoms with E-state index in [1.165, 1.54) is 6.07 Å². The minimum atomic E-state index is -0.799. The van der Waals surface area contributed by atoms with Gasteiger partial charge in [-0.05, 0) is 43.2 Å². The van der Waals surface area contributed by atoms with Crippen LogP contribution in [0, 0.1) is 19.7 Å². The van der Waals surface area contributed by atoms with Crippen molar-refractivity contribution in [2.75, 3.05) is 37.6 Å². The number of ketones is 1. The Morgan fingerprint density at radius 2 is 1.66 bits per heavy atom. The lowest BCUT2D eigenvalue weighted by atomic mass is 10.0. The van der Waals surface area contributed by atoms with Crippen LogP contribution in [0.1, 0.15) is 21.5 Å². The predicted octanol–water partition coefficient (Wildman–Crippen LogP) is 2.09. The highest BCUT2D eigenvalue weighted by atomic mass is 19.1. The summed E-state index contributed by atoms with van der Waals surface area (Å²) in [7, 11) is 0. The van der Waals surface area contributed by atoms with Crippen LogP contribution >= 0.6 is 0 Å². The lowest BCUT2D eigenvalue weighted by Crippen LogP contribution is -2.51. The predicted molar refractivity (Wildman–Crippen MR) is 108 cm³/mol. The first-order valence-corrected chi connectivity index (χ1v) is 9.54. The van der Waals surface area contributed by atoms with Crippen LogP contribution in [0.5, 0.6) is 0 Å². The first-order valence-electron chi connectivity index (χ1n) is 9.54. The molecule has 1 aliphatic heterocycles. The molecule has 0 bridgehead atoms. The molecule has 29 heavy (non-hydrogen) atoms. The topological polar surface area (TPSA) is 69.7 Å². The molecular formula is C22H24FN3O3. The third-order valence-electron chi connectivity index (χ3n) is 5.20. The highest BCUT2D eigenvalue weighted by Crippen LogP contribution is 2.20. The first-order chi connectivity index (χ1) is 13.9. The van der Waals surface area contributed by atoms with Crippen LogP contribution in [-0.4, -0.2) is 55.2 Å². The van der Waals surface area contributed by atoms with E-state index in [0.717, 1.165) is 11.1 Å². The van der Waals surface area contributed by atoms with Gasteiger partial charge in [-0.3, -0.25) is 14.4 Å². The van der Waals surface area contributed by atoms with Crippen molar-refractivity contribution in [3.8, 4) is 0 Å². The number of halogens is 1. The Morgan fingerprint density at radius 3 is 2.31 bits per heavy atom. The quantitative estimate of drug-likeness (QED) is 0.620. The Labute approximate surface area is 169 Å². The maximum absolute atomic E-state index is 13.9. The normalized spacial score (nSPS) is 13.9. The Hall–Kier alpha value is -3.22. The average molecular weight is 397 g/mol. The molecule has 0 aromatic heterocycles. The summed E-state index contributed by atoms with van der Waals surface area (Å²) in [6, 6.07) is 11.6.